The summed E-state index contributed by atoms with van der Waals surface area (Å²) in [6, 6.07) is 0.110. The number of hydrogen-bond acceptors (Lipinski definition) is 5. The minimum atomic E-state index is 0.110. The van der Waals surface area contributed by atoms with E-state index in [9.17, 15) is 4.79 Å². The van der Waals surface area contributed by atoms with Gasteiger partial charge < -0.3 is 11.1 Å². The van der Waals surface area contributed by atoms with Gasteiger partial charge in [0.05, 0.1) is 10.7 Å². The molecule has 1 atom stereocenters. The SMILES string of the molecule is Cc1nc(CN2CCC(C(=O)NC(CN)CC(C)C)CC2)cs1. The van der Waals surface area contributed by atoms with E-state index in [1.54, 1.807) is 11.3 Å². The molecular formula is C17H30N4OS. The number of aromatic nitrogens is 1. The van der Waals surface area contributed by atoms with Gasteiger partial charge in [0.2, 0.25) is 5.91 Å². The van der Waals surface area contributed by atoms with Crippen molar-refractivity contribution in [3.8, 4) is 0 Å². The van der Waals surface area contributed by atoms with Crippen LogP contribution < -0.4 is 11.1 Å². The Morgan fingerprint density at radius 2 is 2.17 bits per heavy atom. The molecule has 2 heterocycles. The molecule has 6 heteroatoms. The second-order valence-electron chi connectivity index (χ2n) is 6.98. The minimum Gasteiger partial charge on any atom is -0.352 e. The smallest absolute Gasteiger partial charge is 0.223 e. The molecule has 5 nitrogen and oxygen atoms in total. The molecule has 2 rings (SSSR count). The zero-order valence-corrected chi connectivity index (χ0v) is 15.4. The average Bonchev–Trinajstić information content (AvgIpc) is 2.91. The zero-order valence-electron chi connectivity index (χ0n) is 14.5. The van der Waals surface area contributed by atoms with Crippen molar-refractivity contribution in [3.63, 3.8) is 0 Å². The van der Waals surface area contributed by atoms with Crippen molar-refractivity contribution >= 4 is 17.2 Å². The van der Waals surface area contributed by atoms with Gasteiger partial charge in [-0.3, -0.25) is 9.69 Å². The van der Waals surface area contributed by atoms with Crippen LogP contribution in [0.3, 0.4) is 0 Å². The van der Waals surface area contributed by atoms with Gasteiger partial charge in [0.15, 0.2) is 0 Å². The Morgan fingerprint density at radius 3 is 2.70 bits per heavy atom. The molecule has 3 N–H and O–H groups in total. The predicted molar refractivity (Wildman–Crippen MR) is 95.3 cm³/mol. The van der Waals surface area contributed by atoms with Gasteiger partial charge in [-0.25, -0.2) is 4.98 Å². The maximum Gasteiger partial charge on any atom is 0.223 e. The van der Waals surface area contributed by atoms with Crippen molar-refractivity contribution in [3.05, 3.63) is 16.1 Å². The maximum absolute atomic E-state index is 12.4. The largest absolute Gasteiger partial charge is 0.352 e. The first-order chi connectivity index (χ1) is 11.0. The number of nitrogens with one attached hydrogen (secondary N) is 1. The van der Waals surface area contributed by atoms with E-state index in [-0.39, 0.29) is 17.9 Å². The lowest BCUT2D eigenvalue weighted by atomic mass is 9.94. The van der Waals surface area contributed by atoms with Crippen molar-refractivity contribution in [2.45, 2.75) is 52.6 Å². The summed E-state index contributed by atoms with van der Waals surface area (Å²) in [5.41, 5.74) is 6.93. The highest BCUT2D eigenvalue weighted by Crippen LogP contribution is 2.20. The molecule has 1 aliphatic rings. The molecule has 130 valence electrons. The summed E-state index contributed by atoms with van der Waals surface area (Å²) in [4.78, 5) is 19.3. The standard InChI is InChI=1S/C17H30N4OS/c1-12(2)8-15(9-18)20-17(22)14-4-6-21(7-5-14)10-16-11-23-13(3)19-16/h11-12,14-15H,4-10,18H2,1-3H3,(H,20,22). The third-order valence-electron chi connectivity index (χ3n) is 4.40. The van der Waals surface area contributed by atoms with Crippen LogP contribution in [0, 0.1) is 18.8 Å². The second kappa shape index (κ2) is 8.76. The number of amides is 1. The lowest BCUT2D eigenvalue weighted by Gasteiger charge is -2.31. The van der Waals surface area contributed by atoms with Gasteiger partial charge in [0.1, 0.15) is 0 Å². The fourth-order valence-corrected chi connectivity index (χ4v) is 3.77. The van der Waals surface area contributed by atoms with Gasteiger partial charge in [0.25, 0.3) is 0 Å². The Morgan fingerprint density at radius 1 is 1.48 bits per heavy atom. The van der Waals surface area contributed by atoms with E-state index in [1.165, 1.54) is 0 Å². The zero-order chi connectivity index (χ0) is 16.8. The van der Waals surface area contributed by atoms with Crippen molar-refractivity contribution in [2.75, 3.05) is 19.6 Å². The highest BCUT2D eigenvalue weighted by atomic mass is 32.1. The van der Waals surface area contributed by atoms with Crippen LogP contribution in [0.1, 0.15) is 43.8 Å². The number of carbonyl (C=O) groups is 1. The number of carbonyl (C=O) groups excluding carboxylic acids is 1. The van der Waals surface area contributed by atoms with Crippen LogP contribution in [0.4, 0.5) is 0 Å². The van der Waals surface area contributed by atoms with E-state index in [1.807, 2.05) is 6.92 Å². The molecule has 1 aromatic rings. The molecule has 1 unspecified atom stereocenters. The number of nitrogens with two attached hydrogens (primary N) is 1. The summed E-state index contributed by atoms with van der Waals surface area (Å²) >= 11 is 1.70. The molecule has 0 radical (unpaired) electrons. The highest BCUT2D eigenvalue weighted by molar-refractivity contribution is 7.09. The Kier molecular flexibility index (Phi) is 6.99. The van der Waals surface area contributed by atoms with E-state index < -0.39 is 0 Å². The quantitative estimate of drug-likeness (QED) is 0.799. The lowest BCUT2D eigenvalue weighted by molar-refractivity contribution is -0.127. The molecule has 1 aliphatic heterocycles. The molecule has 0 aliphatic carbocycles. The van der Waals surface area contributed by atoms with Crippen molar-refractivity contribution in [1.29, 1.82) is 0 Å². The van der Waals surface area contributed by atoms with Crippen LogP contribution in [-0.4, -0.2) is 41.5 Å². The summed E-state index contributed by atoms with van der Waals surface area (Å²) in [5, 5.41) is 6.39. The molecule has 0 aromatic carbocycles. The Hall–Kier alpha value is -0.980. The second-order valence-corrected chi connectivity index (χ2v) is 8.04. The number of hydrogen-bond donors (Lipinski definition) is 2. The fraction of sp³-hybridized carbons (Fsp3) is 0.765. The summed E-state index contributed by atoms with van der Waals surface area (Å²) in [6.45, 7) is 9.71. The van der Waals surface area contributed by atoms with Gasteiger partial charge in [-0.15, -0.1) is 11.3 Å². The predicted octanol–water partition coefficient (Wildman–Crippen LogP) is 2.15. The summed E-state index contributed by atoms with van der Waals surface area (Å²) in [7, 11) is 0. The first kappa shape index (κ1) is 18.4. The molecular weight excluding hydrogens is 308 g/mol. The van der Waals surface area contributed by atoms with E-state index in [0.717, 1.165) is 49.6 Å². The summed E-state index contributed by atoms with van der Waals surface area (Å²) in [5.74, 6) is 0.863. The Balaban J connectivity index is 1.75. The third kappa shape index (κ3) is 5.86. The molecule has 1 fully saturated rings. The van der Waals surface area contributed by atoms with Crippen LogP contribution >= 0.6 is 11.3 Å². The van der Waals surface area contributed by atoms with Gasteiger partial charge in [-0.05, 0) is 45.2 Å². The molecule has 0 bridgehead atoms. The van der Waals surface area contributed by atoms with Crippen molar-refractivity contribution in [2.24, 2.45) is 17.6 Å². The highest BCUT2D eigenvalue weighted by Gasteiger charge is 2.26. The normalized spacial score (nSPS) is 18.3. The molecule has 0 spiro atoms. The fourth-order valence-electron chi connectivity index (χ4n) is 3.17. The van der Waals surface area contributed by atoms with Crippen LogP contribution in [-0.2, 0) is 11.3 Å². The molecule has 1 amide bonds. The van der Waals surface area contributed by atoms with Crippen LogP contribution in [0.2, 0.25) is 0 Å². The number of thiazole rings is 1. The first-order valence-corrected chi connectivity index (χ1v) is 9.49. The number of aryl methyl sites for hydroxylation is 1. The van der Waals surface area contributed by atoms with Crippen molar-refractivity contribution < 1.29 is 4.79 Å². The van der Waals surface area contributed by atoms with E-state index in [0.29, 0.717) is 12.5 Å². The van der Waals surface area contributed by atoms with Crippen molar-refractivity contribution in [1.82, 2.24) is 15.2 Å². The van der Waals surface area contributed by atoms with Gasteiger partial charge in [-0.1, -0.05) is 13.8 Å². The van der Waals surface area contributed by atoms with Crippen LogP contribution in [0.15, 0.2) is 5.38 Å². The minimum absolute atomic E-state index is 0.110. The topological polar surface area (TPSA) is 71.2 Å². The van der Waals surface area contributed by atoms with Gasteiger partial charge >= 0.3 is 0 Å². The van der Waals surface area contributed by atoms with E-state index >= 15 is 0 Å². The number of rotatable bonds is 7. The number of likely N-dealkylation sites (tertiary alicyclic amines) is 1. The van der Waals surface area contributed by atoms with Gasteiger partial charge in [-0.2, -0.15) is 0 Å². The Labute approximate surface area is 143 Å². The molecule has 23 heavy (non-hydrogen) atoms. The molecule has 0 saturated carbocycles. The van der Waals surface area contributed by atoms with Crippen LogP contribution in [0.5, 0.6) is 0 Å². The first-order valence-electron chi connectivity index (χ1n) is 8.61. The summed E-state index contributed by atoms with van der Waals surface area (Å²) in [6.07, 6.45) is 2.80. The maximum atomic E-state index is 12.4. The number of piperidine rings is 1. The third-order valence-corrected chi connectivity index (χ3v) is 5.22. The monoisotopic (exact) mass is 338 g/mol. The molecule has 1 aromatic heterocycles. The van der Waals surface area contributed by atoms with E-state index in [4.69, 9.17) is 5.73 Å². The lowest BCUT2D eigenvalue weighted by Crippen LogP contribution is -2.46. The number of nitrogens with zero attached hydrogens (tertiary/aromatic N) is 2. The van der Waals surface area contributed by atoms with Crippen LogP contribution in [0.25, 0.3) is 0 Å². The Bertz CT molecular complexity index is 495. The summed E-state index contributed by atoms with van der Waals surface area (Å²) < 4.78 is 0. The molecule has 1 saturated heterocycles. The van der Waals surface area contributed by atoms with Gasteiger partial charge in [0, 0.05) is 30.4 Å². The van der Waals surface area contributed by atoms with E-state index in [2.05, 4.69) is 34.4 Å². The average molecular weight is 339 g/mol.